The molecule has 0 fully saturated rings. The Labute approximate surface area is 84.5 Å². The van der Waals surface area contributed by atoms with Crippen LogP contribution < -0.4 is 5.73 Å². The van der Waals surface area contributed by atoms with Gasteiger partial charge in [0.2, 0.25) is 0 Å². The molecule has 0 aliphatic heterocycles. The van der Waals surface area contributed by atoms with E-state index in [1.54, 1.807) is 0 Å². The molecule has 1 rings (SSSR count). The van der Waals surface area contributed by atoms with Crippen LogP contribution in [-0.4, -0.2) is 22.6 Å². The van der Waals surface area contributed by atoms with Gasteiger partial charge in [-0.25, -0.2) is 13.8 Å². The number of alkyl halides is 2. The van der Waals surface area contributed by atoms with Gasteiger partial charge < -0.3 is 10.8 Å². The van der Waals surface area contributed by atoms with Crippen LogP contribution in [0, 0.1) is 0 Å². The standard InChI is InChI=1S/C8H9ClF2N2O/c9-6-2-1-5(3-13-6)7(12)8(10,11)4-14/h1-3,7,14H,4,12H2/t7-/m1/s1. The SMILES string of the molecule is N[C@H](c1ccc(Cl)nc1)C(F)(F)CO. The summed E-state index contributed by atoms with van der Waals surface area (Å²) < 4.78 is 25.8. The second kappa shape index (κ2) is 4.16. The first-order valence-corrected chi connectivity index (χ1v) is 4.21. The Morgan fingerprint density at radius 3 is 2.64 bits per heavy atom. The summed E-state index contributed by atoms with van der Waals surface area (Å²) >= 11 is 5.48. The molecule has 0 aliphatic carbocycles. The van der Waals surface area contributed by atoms with Crippen molar-refractivity contribution in [2.24, 2.45) is 5.73 Å². The van der Waals surface area contributed by atoms with Gasteiger partial charge >= 0.3 is 0 Å². The highest BCUT2D eigenvalue weighted by Gasteiger charge is 2.37. The molecule has 1 aromatic heterocycles. The van der Waals surface area contributed by atoms with Crippen molar-refractivity contribution >= 4 is 11.6 Å². The van der Waals surface area contributed by atoms with Crippen molar-refractivity contribution in [2.75, 3.05) is 6.61 Å². The van der Waals surface area contributed by atoms with E-state index < -0.39 is 18.6 Å². The van der Waals surface area contributed by atoms with Crippen molar-refractivity contribution in [1.82, 2.24) is 4.98 Å². The van der Waals surface area contributed by atoms with Crippen LogP contribution >= 0.6 is 11.6 Å². The third-order valence-corrected chi connectivity index (χ3v) is 2.00. The lowest BCUT2D eigenvalue weighted by Crippen LogP contribution is -2.36. The first-order chi connectivity index (χ1) is 6.47. The van der Waals surface area contributed by atoms with E-state index in [4.69, 9.17) is 22.4 Å². The summed E-state index contributed by atoms with van der Waals surface area (Å²) in [5, 5.41) is 8.61. The maximum absolute atomic E-state index is 12.9. The van der Waals surface area contributed by atoms with Gasteiger partial charge in [-0.2, -0.15) is 0 Å². The van der Waals surface area contributed by atoms with Crippen LogP contribution in [0.2, 0.25) is 5.15 Å². The molecule has 0 radical (unpaired) electrons. The lowest BCUT2D eigenvalue weighted by Gasteiger charge is -2.21. The zero-order valence-electron chi connectivity index (χ0n) is 7.12. The van der Waals surface area contributed by atoms with E-state index in [2.05, 4.69) is 4.98 Å². The average Bonchev–Trinajstić information content (AvgIpc) is 2.18. The molecule has 0 aliphatic rings. The van der Waals surface area contributed by atoms with Crippen molar-refractivity contribution in [1.29, 1.82) is 0 Å². The number of hydrogen-bond donors (Lipinski definition) is 2. The largest absolute Gasteiger partial charge is 0.390 e. The van der Waals surface area contributed by atoms with Gasteiger partial charge in [0, 0.05) is 6.20 Å². The molecule has 0 amide bonds. The van der Waals surface area contributed by atoms with E-state index >= 15 is 0 Å². The van der Waals surface area contributed by atoms with Gasteiger partial charge in [-0.15, -0.1) is 0 Å². The normalized spacial score (nSPS) is 14.1. The first kappa shape index (κ1) is 11.3. The number of nitrogens with two attached hydrogens (primary N) is 1. The lowest BCUT2D eigenvalue weighted by molar-refractivity contribution is -0.0712. The number of rotatable bonds is 3. The summed E-state index contributed by atoms with van der Waals surface area (Å²) in [5.41, 5.74) is 5.37. The molecule has 0 unspecified atom stereocenters. The van der Waals surface area contributed by atoms with Gasteiger partial charge in [-0.05, 0) is 11.6 Å². The zero-order valence-corrected chi connectivity index (χ0v) is 7.88. The molecular weight excluding hydrogens is 214 g/mol. The summed E-state index contributed by atoms with van der Waals surface area (Å²) in [6, 6.07) is 1.14. The van der Waals surface area contributed by atoms with Gasteiger partial charge in [-0.1, -0.05) is 17.7 Å². The van der Waals surface area contributed by atoms with Crippen LogP contribution in [0.4, 0.5) is 8.78 Å². The zero-order chi connectivity index (χ0) is 10.8. The summed E-state index contributed by atoms with van der Waals surface area (Å²) in [7, 11) is 0. The maximum atomic E-state index is 12.9. The highest BCUT2D eigenvalue weighted by molar-refractivity contribution is 6.29. The molecule has 0 saturated carbocycles. The summed E-state index contributed by atoms with van der Waals surface area (Å²) in [5.74, 6) is -3.35. The quantitative estimate of drug-likeness (QED) is 0.760. The van der Waals surface area contributed by atoms with Crippen LogP contribution in [0.1, 0.15) is 11.6 Å². The van der Waals surface area contributed by atoms with E-state index in [1.807, 2.05) is 0 Å². The van der Waals surface area contributed by atoms with E-state index in [0.717, 1.165) is 6.20 Å². The van der Waals surface area contributed by atoms with E-state index in [-0.39, 0.29) is 10.7 Å². The fourth-order valence-corrected chi connectivity index (χ4v) is 1.03. The van der Waals surface area contributed by atoms with Crippen LogP contribution in [0.25, 0.3) is 0 Å². The van der Waals surface area contributed by atoms with Crippen LogP contribution in [-0.2, 0) is 0 Å². The Kier molecular flexibility index (Phi) is 3.36. The third-order valence-electron chi connectivity index (χ3n) is 1.78. The minimum atomic E-state index is -3.35. The fourth-order valence-electron chi connectivity index (χ4n) is 0.913. The maximum Gasteiger partial charge on any atom is 0.289 e. The van der Waals surface area contributed by atoms with Crippen LogP contribution in [0.15, 0.2) is 18.3 Å². The number of halogens is 3. The number of aliphatic hydroxyl groups is 1. The Hall–Kier alpha value is -0.780. The average molecular weight is 223 g/mol. The Bertz CT molecular complexity index is 305. The minimum Gasteiger partial charge on any atom is -0.390 e. The van der Waals surface area contributed by atoms with Crippen molar-refractivity contribution in [3.8, 4) is 0 Å². The topological polar surface area (TPSA) is 59.1 Å². The smallest absolute Gasteiger partial charge is 0.289 e. The number of aliphatic hydroxyl groups excluding tert-OH is 1. The summed E-state index contributed by atoms with van der Waals surface area (Å²) in [6.45, 7) is -1.29. The van der Waals surface area contributed by atoms with Crippen LogP contribution in [0.5, 0.6) is 0 Å². The molecule has 78 valence electrons. The van der Waals surface area contributed by atoms with Gasteiger partial charge in [0.25, 0.3) is 5.92 Å². The Morgan fingerprint density at radius 2 is 2.21 bits per heavy atom. The summed E-state index contributed by atoms with van der Waals surface area (Å²) in [6.07, 6.45) is 1.16. The van der Waals surface area contributed by atoms with Crippen molar-refractivity contribution in [3.05, 3.63) is 29.0 Å². The number of aromatic nitrogens is 1. The molecule has 3 nitrogen and oxygen atoms in total. The lowest BCUT2D eigenvalue weighted by atomic mass is 10.0. The minimum absolute atomic E-state index is 0.133. The van der Waals surface area contributed by atoms with Gasteiger partial charge in [0.05, 0.1) is 6.04 Å². The highest BCUT2D eigenvalue weighted by atomic mass is 35.5. The Morgan fingerprint density at radius 1 is 1.57 bits per heavy atom. The molecule has 6 heteroatoms. The molecule has 1 heterocycles. The second-order valence-electron chi connectivity index (χ2n) is 2.81. The van der Waals surface area contributed by atoms with Crippen molar-refractivity contribution in [2.45, 2.75) is 12.0 Å². The van der Waals surface area contributed by atoms with Gasteiger partial charge in [-0.3, -0.25) is 0 Å². The van der Waals surface area contributed by atoms with E-state index in [0.29, 0.717) is 0 Å². The number of nitrogens with zero attached hydrogens (tertiary/aromatic N) is 1. The number of pyridine rings is 1. The number of hydrogen-bond acceptors (Lipinski definition) is 3. The molecule has 0 saturated heterocycles. The Balaban J connectivity index is 2.89. The second-order valence-corrected chi connectivity index (χ2v) is 3.20. The molecule has 0 spiro atoms. The monoisotopic (exact) mass is 222 g/mol. The van der Waals surface area contributed by atoms with E-state index in [1.165, 1.54) is 12.1 Å². The molecular formula is C8H9ClF2N2O. The summed E-state index contributed by atoms with van der Waals surface area (Å²) in [4.78, 5) is 3.62. The molecule has 14 heavy (non-hydrogen) atoms. The fraction of sp³-hybridized carbons (Fsp3) is 0.375. The molecule has 3 N–H and O–H groups in total. The van der Waals surface area contributed by atoms with Crippen LogP contribution in [0.3, 0.4) is 0 Å². The molecule has 1 aromatic rings. The van der Waals surface area contributed by atoms with Crippen molar-refractivity contribution in [3.63, 3.8) is 0 Å². The predicted molar refractivity (Wildman–Crippen MR) is 48.2 cm³/mol. The van der Waals surface area contributed by atoms with Gasteiger partial charge in [0.15, 0.2) is 0 Å². The predicted octanol–water partition coefficient (Wildman–Crippen LogP) is 1.36. The van der Waals surface area contributed by atoms with E-state index in [9.17, 15) is 8.78 Å². The van der Waals surface area contributed by atoms with Crippen molar-refractivity contribution < 1.29 is 13.9 Å². The third kappa shape index (κ3) is 2.37. The molecule has 1 atom stereocenters. The van der Waals surface area contributed by atoms with Gasteiger partial charge in [0.1, 0.15) is 11.8 Å². The molecule has 0 aromatic carbocycles. The highest BCUT2D eigenvalue weighted by Crippen LogP contribution is 2.28. The molecule has 0 bridgehead atoms. The first-order valence-electron chi connectivity index (χ1n) is 3.83.